The van der Waals surface area contributed by atoms with E-state index in [1.165, 1.54) is 11.3 Å². The molecule has 0 fully saturated rings. The predicted octanol–water partition coefficient (Wildman–Crippen LogP) is 4.62. The highest BCUT2D eigenvalue weighted by Crippen LogP contribution is 2.39. The molecule has 0 bridgehead atoms. The average Bonchev–Trinajstić information content (AvgIpc) is 3.15. The molecule has 0 radical (unpaired) electrons. The Morgan fingerprint density at radius 3 is 2.84 bits per heavy atom. The molecular formula is C17H14ClN5S2. The van der Waals surface area contributed by atoms with Gasteiger partial charge in [0.05, 0.1) is 10.6 Å². The quantitative estimate of drug-likeness (QED) is 0.517. The zero-order chi connectivity index (χ0) is 17.4. The molecule has 1 aromatic carbocycles. The smallest absolute Gasteiger partial charge is 0.191 e. The zero-order valence-electron chi connectivity index (χ0n) is 13.3. The Morgan fingerprint density at radius 2 is 2.04 bits per heavy atom. The van der Waals surface area contributed by atoms with E-state index >= 15 is 0 Å². The lowest BCUT2D eigenvalue weighted by molar-refractivity contribution is 0.795. The molecule has 4 aromatic rings. The van der Waals surface area contributed by atoms with Crippen LogP contribution in [-0.4, -0.2) is 19.7 Å². The van der Waals surface area contributed by atoms with E-state index in [9.17, 15) is 0 Å². The monoisotopic (exact) mass is 387 g/mol. The maximum absolute atomic E-state index is 6.30. The Bertz CT molecular complexity index is 1060. The molecule has 0 saturated carbocycles. The summed E-state index contributed by atoms with van der Waals surface area (Å²) in [7, 11) is 1.95. The first-order chi connectivity index (χ1) is 12.1. The number of benzene rings is 1. The third-order valence-corrected chi connectivity index (χ3v) is 6.42. The molecule has 0 saturated heterocycles. The maximum atomic E-state index is 6.30. The van der Waals surface area contributed by atoms with E-state index in [1.807, 2.05) is 48.0 Å². The summed E-state index contributed by atoms with van der Waals surface area (Å²) < 4.78 is 1.96. The second-order valence-electron chi connectivity index (χ2n) is 5.45. The molecule has 0 amide bonds. The van der Waals surface area contributed by atoms with Crippen LogP contribution in [0.15, 0.2) is 47.8 Å². The van der Waals surface area contributed by atoms with Crippen molar-refractivity contribution >= 4 is 50.6 Å². The number of nitrogens with zero attached hydrogens (tertiary/aromatic N) is 4. The molecule has 25 heavy (non-hydrogen) atoms. The number of pyridine rings is 1. The lowest BCUT2D eigenvalue weighted by atomic mass is 10.2. The van der Waals surface area contributed by atoms with Gasteiger partial charge in [-0.1, -0.05) is 41.6 Å². The molecule has 4 rings (SSSR count). The zero-order valence-corrected chi connectivity index (χ0v) is 15.7. The van der Waals surface area contributed by atoms with Gasteiger partial charge in [0.2, 0.25) is 0 Å². The Labute approximate surface area is 157 Å². The highest BCUT2D eigenvalue weighted by atomic mass is 35.5. The fraction of sp³-hybridized carbons (Fsp3) is 0.118. The number of aromatic nitrogens is 4. The number of halogens is 1. The lowest BCUT2D eigenvalue weighted by Crippen LogP contribution is -1.96. The summed E-state index contributed by atoms with van der Waals surface area (Å²) in [4.78, 5) is 6.17. The maximum Gasteiger partial charge on any atom is 0.191 e. The van der Waals surface area contributed by atoms with E-state index in [2.05, 4.69) is 15.2 Å². The van der Waals surface area contributed by atoms with Gasteiger partial charge in [0.1, 0.15) is 4.83 Å². The van der Waals surface area contributed by atoms with E-state index in [0.717, 1.165) is 42.4 Å². The summed E-state index contributed by atoms with van der Waals surface area (Å²) in [5, 5.41) is 11.2. The van der Waals surface area contributed by atoms with Crippen molar-refractivity contribution in [2.24, 2.45) is 7.05 Å². The predicted molar refractivity (Wildman–Crippen MR) is 105 cm³/mol. The molecule has 8 heteroatoms. The first kappa shape index (κ1) is 16.4. The molecule has 0 spiro atoms. The van der Waals surface area contributed by atoms with E-state index in [4.69, 9.17) is 17.3 Å². The van der Waals surface area contributed by atoms with Crippen molar-refractivity contribution < 1.29 is 0 Å². The van der Waals surface area contributed by atoms with Crippen molar-refractivity contribution in [3.05, 3.63) is 53.2 Å². The highest BCUT2D eigenvalue weighted by molar-refractivity contribution is 7.98. The molecular weight excluding hydrogens is 374 g/mol. The second-order valence-corrected chi connectivity index (χ2v) is 7.80. The minimum atomic E-state index is 0.700. The molecule has 0 aliphatic heterocycles. The van der Waals surface area contributed by atoms with Gasteiger partial charge in [0.15, 0.2) is 11.0 Å². The van der Waals surface area contributed by atoms with Gasteiger partial charge in [-0.3, -0.25) is 0 Å². The molecule has 3 aromatic heterocycles. The van der Waals surface area contributed by atoms with Gasteiger partial charge in [0.25, 0.3) is 0 Å². The van der Waals surface area contributed by atoms with Crippen molar-refractivity contribution in [3.63, 3.8) is 0 Å². The van der Waals surface area contributed by atoms with Crippen molar-refractivity contribution in [1.82, 2.24) is 19.7 Å². The third-order valence-electron chi connectivity index (χ3n) is 3.86. The molecule has 2 N–H and O–H groups in total. The van der Waals surface area contributed by atoms with Crippen LogP contribution >= 0.6 is 34.7 Å². The van der Waals surface area contributed by atoms with Gasteiger partial charge in [0, 0.05) is 29.4 Å². The summed E-state index contributed by atoms with van der Waals surface area (Å²) in [5.41, 5.74) is 8.07. The van der Waals surface area contributed by atoms with Crippen LogP contribution in [0.2, 0.25) is 5.02 Å². The topological polar surface area (TPSA) is 69.6 Å². The Kier molecular flexibility index (Phi) is 4.37. The number of thiophene rings is 1. The normalized spacial score (nSPS) is 11.3. The number of hydrogen-bond donors (Lipinski definition) is 1. The van der Waals surface area contributed by atoms with Gasteiger partial charge < -0.3 is 10.3 Å². The number of nitrogens with two attached hydrogens (primary N) is 1. The number of hydrogen-bond acceptors (Lipinski definition) is 6. The van der Waals surface area contributed by atoms with Crippen molar-refractivity contribution in [3.8, 4) is 10.7 Å². The number of fused-ring (bicyclic) bond motifs is 1. The van der Waals surface area contributed by atoms with Crippen molar-refractivity contribution in [2.75, 3.05) is 5.73 Å². The van der Waals surface area contributed by atoms with Crippen LogP contribution in [0.5, 0.6) is 0 Å². The van der Waals surface area contributed by atoms with E-state index in [1.54, 1.807) is 18.0 Å². The van der Waals surface area contributed by atoms with Crippen LogP contribution in [0.3, 0.4) is 0 Å². The lowest BCUT2D eigenvalue weighted by Gasteiger charge is -2.05. The van der Waals surface area contributed by atoms with Crippen LogP contribution in [0.4, 0.5) is 5.69 Å². The SMILES string of the molecule is Cn1c(SCc2ccccc2Cl)nnc1-c1sc2ncccc2c1N. The second kappa shape index (κ2) is 6.67. The van der Waals surface area contributed by atoms with Crippen molar-refractivity contribution in [1.29, 1.82) is 0 Å². The number of thioether (sulfide) groups is 1. The van der Waals surface area contributed by atoms with Gasteiger partial charge in [-0.05, 0) is 23.8 Å². The summed E-state index contributed by atoms with van der Waals surface area (Å²) in [6.45, 7) is 0. The van der Waals surface area contributed by atoms with Crippen LogP contribution in [0.25, 0.3) is 20.9 Å². The van der Waals surface area contributed by atoms with E-state index in [-0.39, 0.29) is 0 Å². The minimum absolute atomic E-state index is 0.700. The van der Waals surface area contributed by atoms with Crippen molar-refractivity contribution in [2.45, 2.75) is 10.9 Å². The van der Waals surface area contributed by atoms with Gasteiger partial charge in [-0.15, -0.1) is 21.5 Å². The molecule has 3 heterocycles. The van der Waals surface area contributed by atoms with Gasteiger partial charge in [-0.2, -0.15) is 0 Å². The highest BCUT2D eigenvalue weighted by Gasteiger charge is 2.18. The largest absolute Gasteiger partial charge is 0.397 e. The average molecular weight is 388 g/mol. The van der Waals surface area contributed by atoms with Crippen LogP contribution in [-0.2, 0) is 12.8 Å². The van der Waals surface area contributed by atoms with Crippen LogP contribution in [0, 0.1) is 0 Å². The standard InChI is InChI=1S/C17H14ClN5S2/c1-23-15(14-13(19)11-6-4-8-20-16(11)25-14)21-22-17(23)24-9-10-5-2-3-7-12(10)18/h2-8H,9,19H2,1H3. The number of rotatable bonds is 4. The molecule has 5 nitrogen and oxygen atoms in total. The fourth-order valence-corrected chi connectivity index (χ4v) is 4.79. The van der Waals surface area contributed by atoms with E-state index in [0.29, 0.717) is 5.69 Å². The molecule has 0 atom stereocenters. The van der Waals surface area contributed by atoms with Crippen LogP contribution < -0.4 is 5.73 Å². The Balaban J connectivity index is 1.64. The Hall–Kier alpha value is -2.09. The summed E-state index contributed by atoms with van der Waals surface area (Å²) in [6, 6.07) is 11.7. The summed E-state index contributed by atoms with van der Waals surface area (Å²) in [5.74, 6) is 1.48. The summed E-state index contributed by atoms with van der Waals surface area (Å²) >= 11 is 9.35. The number of anilines is 1. The Morgan fingerprint density at radius 1 is 1.20 bits per heavy atom. The third kappa shape index (κ3) is 2.99. The molecule has 126 valence electrons. The van der Waals surface area contributed by atoms with Gasteiger partial charge >= 0.3 is 0 Å². The van der Waals surface area contributed by atoms with E-state index < -0.39 is 0 Å². The first-order valence-electron chi connectivity index (χ1n) is 7.54. The van der Waals surface area contributed by atoms with Crippen LogP contribution in [0.1, 0.15) is 5.56 Å². The molecule has 0 unspecified atom stereocenters. The molecule has 0 aliphatic carbocycles. The summed E-state index contributed by atoms with van der Waals surface area (Å²) in [6.07, 6.45) is 1.77. The fourth-order valence-electron chi connectivity index (χ4n) is 2.51. The van der Waals surface area contributed by atoms with Gasteiger partial charge in [-0.25, -0.2) is 4.98 Å². The minimum Gasteiger partial charge on any atom is -0.397 e. The number of nitrogen functional groups attached to an aromatic ring is 1. The first-order valence-corrected chi connectivity index (χ1v) is 9.72. The molecule has 0 aliphatic rings.